The highest BCUT2D eigenvalue weighted by atomic mass is 16.3. The number of hydrogen-bond acceptors (Lipinski definition) is 4. The summed E-state index contributed by atoms with van der Waals surface area (Å²) in [4.78, 5) is 4.34. The molecule has 0 spiro atoms. The Morgan fingerprint density at radius 2 is 2.25 bits per heavy atom. The Bertz CT molecular complexity index is 301. The Morgan fingerprint density at radius 1 is 1.50 bits per heavy atom. The summed E-state index contributed by atoms with van der Waals surface area (Å²) < 4.78 is 0. The molecule has 3 N–H and O–H groups in total. The summed E-state index contributed by atoms with van der Waals surface area (Å²) in [5.74, 6) is 0.837. The third-order valence-corrected chi connectivity index (χ3v) is 4.11. The molecule has 1 saturated carbocycles. The molecule has 0 aromatic carbocycles. The lowest BCUT2D eigenvalue weighted by Gasteiger charge is -2.37. The Hall–Kier alpha value is -0.770. The van der Waals surface area contributed by atoms with Gasteiger partial charge in [0, 0.05) is 12.6 Å². The van der Waals surface area contributed by atoms with Gasteiger partial charge in [-0.2, -0.15) is 0 Å². The van der Waals surface area contributed by atoms with E-state index in [2.05, 4.69) is 36.4 Å². The zero-order valence-electron chi connectivity index (χ0n) is 10.5. The maximum absolute atomic E-state index is 10.6. The van der Waals surface area contributed by atoms with Crippen molar-refractivity contribution in [3.05, 3.63) is 0 Å². The van der Waals surface area contributed by atoms with Gasteiger partial charge in [-0.25, -0.2) is 0 Å². The predicted molar refractivity (Wildman–Crippen MR) is 65.5 cm³/mol. The number of nitrogens with one attached hydrogen (secondary N) is 2. The van der Waals surface area contributed by atoms with Crippen molar-refractivity contribution in [2.75, 3.05) is 13.1 Å². The highest BCUT2D eigenvalue weighted by Crippen LogP contribution is 2.45. The average molecular weight is 225 g/mol. The molecule has 0 aromatic rings. The van der Waals surface area contributed by atoms with Gasteiger partial charge in [-0.3, -0.25) is 4.99 Å². The Morgan fingerprint density at radius 3 is 2.75 bits per heavy atom. The third kappa shape index (κ3) is 2.03. The van der Waals surface area contributed by atoms with Crippen LogP contribution < -0.4 is 10.6 Å². The van der Waals surface area contributed by atoms with E-state index in [9.17, 15) is 5.11 Å². The average Bonchev–Trinajstić information content (AvgIpc) is 2.70. The number of aliphatic imine (C=N–C) groups is 1. The SMILES string of the molecule is CC1CN=C(NCC2(O)CCCC2(C)C)N1. The molecule has 2 rings (SSSR count). The second-order valence-corrected chi connectivity index (χ2v) is 5.86. The summed E-state index contributed by atoms with van der Waals surface area (Å²) in [6, 6.07) is 0.411. The number of rotatable bonds is 2. The lowest BCUT2D eigenvalue weighted by atomic mass is 9.78. The summed E-state index contributed by atoms with van der Waals surface area (Å²) in [6.07, 6.45) is 3.10. The Balaban J connectivity index is 1.90. The third-order valence-electron chi connectivity index (χ3n) is 4.11. The van der Waals surface area contributed by atoms with Crippen LogP contribution >= 0.6 is 0 Å². The first-order chi connectivity index (χ1) is 7.43. The summed E-state index contributed by atoms with van der Waals surface area (Å²) in [7, 11) is 0. The van der Waals surface area contributed by atoms with Crippen LogP contribution in [0, 0.1) is 5.41 Å². The molecule has 0 radical (unpaired) electrons. The van der Waals surface area contributed by atoms with E-state index >= 15 is 0 Å². The first-order valence-electron chi connectivity index (χ1n) is 6.20. The summed E-state index contributed by atoms with van der Waals surface area (Å²) in [5.41, 5.74) is -0.589. The number of nitrogens with zero attached hydrogens (tertiary/aromatic N) is 1. The van der Waals surface area contributed by atoms with Crippen LogP contribution in [0.15, 0.2) is 4.99 Å². The van der Waals surface area contributed by atoms with Crippen molar-refractivity contribution in [2.24, 2.45) is 10.4 Å². The Labute approximate surface area is 97.5 Å². The van der Waals surface area contributed by atoms with Crippen molar-refractivity contribution in [1.29, 1.82) is 0 Å². The van der Waals surface area contributed by atoms with E-state index in [1.54, 1.807) is 0 Å². The van der Waals surface area contributed by atoms with Gasteiger partial charge in [0.15, 0.2) is 5.96 Å². The second-order valence-electron chi connectivity index (χ2n) is 5.86. The molecule has 0 aromatic heterocycles. The monoisotopic (exact) mass is 225 g/mol. The zero-order valence-corrected chi connectivity index (χ0v) is 10.5. The van der Waals surface area contributed by atoms with E-state index in [0.29, 0.717) is 12.6 Å². The van der Waals surface area contributed by atoms with E-state index in [-0.39, 0.29) is 5.41 Å². The summed E-state index contributed by atoms with van der Waals surface area (Å²) in [6.45, 7) is 7.82. The van der Waals surface area contributed by atoms with Crippen molar-refractivity contribution in [3.63, 3.8) is 0 Å². The fourth-order valence-electron chi connectivity index (χ4n) is 2.61. The minimum Gasteiger partial charge on any atom is -0.387 e. The Kier molecular flexibility index (Phi) is 2.86. The topological polar surface area (TPSA) is 56.7 Å². The van der Waals surface area contributed by atoms with Crippen molar-refractivity contribution in [2.45, 2.75) is 51.7 Å². The molecule has 16 heavy (non-hydrogen) atoms. The van der Waals surface area contributed by atoms with E-state index in [4.69, 9.17) is 0 Å². The first kappa shape index (κ1) is 11.7. The van der Waals surface area contributed by atoms with E-state index < -0.39 is 5.60 Å². The minimum absolute atomic E-state index is 0.00474. The van der Waals surface area contributed by atoms with Gasteiger partial charge < -0.3 is 15.7 Å². The molecule has 4 nitrogen and oxygen atoms in total. The van der Waals surface area contributed by atoms with Gasteiger partial charge >= 0.3 is 0 Å². The van der Waals surface area contributed by atoms with E-state index in [0.717, 1.165) is 31.8 Å². The zero-order chi connectivity index (χ0) is 11.8. The highest BCUT2D eigenvalue weighted by molar-refractivity contribution is 5.81. The largest absolute Gasteiger partial charge is 0.387 e. The van der Waals surface area contributed by atoms with Gasteiger partial charge in [-0.05, 0) is 31.6 Å². The molecular weight excluding hydrogens is 202 g/mol. The standard InChI is InChI=1S/C12H23N3O/c1-9-7-13-10(15-9)14-8-12(16)6-4-5-11(12,2)3/h9,16H,4-8H2,1-3H3,(H2,13,14,15). The van der Waals surface area contributed by atoms with E-state index in [1.807, 2.05) is 0 Å². The molecule has 1 heterocycles. The maximum atomic E-state index is 10.6. The fourth-order valence-corrected chi connectivity index (χ4v) is 2.61. The second kappa shape index (κ2) is 3.91. The normalized spacial score (nSPS) is 37.0. The van der Waals surface area contributed by atoms with Crippen LogP contribution in [-0.2, 0) is 0 Å². The van der Waals surface area contributed by atoms with Crippen molar-refractivity contribution >= 4 is 5.96 Å². The number of hydrogen-bond donors (Lipinski definition) is 3. The van der Waals surface area contributed by atoms with Gasteiger partial charge in [0.2, 0.25) is 0 Å². The minimum atomic E-state index is -0.594. The maximum Gasteiger partial charge on any atom is 0.191 e. The molecule has 2 unspecified atom stereocenters. The molecule has 1 aliphatic carbocycles. The van der Waals surface area contributed by atoms with Crippen molar-refractivity contribution in [3.8, 4) is 0 Å². The van der Waals surface area contributed by atoms with Crippen LogP contribution in [0.5, 0.6) is 0 Å². The fraction of sp³-hybridized carbons (Fsp3) is 0.917. The summed E-state index contributed by atoms with van der Waals surface area (Å²) in [5, 5.41) is 17.1. The van der Waals surface area contributed by atoms with Crippen LogP contribution in [-0.4, -0.2) is 35.8 Å². The molecule has 0 amide bonds. The van der Waals surface area contributed by atoms with Crippen LogP contribution in [0.25, 0.3) is 0 Å². The van der Waals surface area contributed by atoms with Crippen LogP contribution in [0.1, 0.15) is 40.0 Å². The van der Waals surface area contributed by atoms with Gasteiger partial charge in [-0.1, -0.05) is 13.8 Å². The van der Waals surface area contributed by atoms with Gasteiger partial charge in [-0.15, -0.1) is 0 Å². The summed E-state index contributed by atoms with van der Waals surface area (Å²) >= 11 is 0. The quantitative estimate of drug-likeness (QED) is 0.653. The molecule has 4 heteroatoms. The molecular formula is C12H23N3O. The lowest BCUT2D eigenvalue weighted by molar-refractivity contribution is -0.0375. The van der Waals surface area contributed by atoms with Gasteiger partial charge in [0.25, 0.3) is 0 Å². The lowest BCUT2D eigenvalue weighted by Crippen LogP contribution is -2.51. The van der Waals surface area contributed by atoms with E-state index in [1.165, 1.54) is 0 Å². The van der Waals surface area contributed by atoms with Crippen molar-refractivity contribution in [1.82, 2.24) is 10.6 Å². The van der Waals surface area contributed by atoms with Gasteiger partial charge in [0.1, 0.15) is 0 Å². The van der Waals surface area contributed by atoms with Crippen LogP contribution in [0.4, 0.5) is 0 Å². The molecule has 92 valence electrons. The van der Waals surface area contributed by atoms with Crippen molar-refractivity contribution < 1.29 is 5.11 Å². The molecule has 0 bridgehead atoms. The number of aliphatic hydroxyl groups is 1. The molecule has 1 fully saturated rings. The molecule has 1 aliphatic heterocycles. The van der Waals surface area contributed by atoms with Gasteiger partial charge in [0.05, 0.1) is 12.1 Å². The predicted octanol–water partition coefficient (Wildman–Crippen LogP) is 0.865. The highest BCUT2D eigenvalue weighted by Gasteiger charge is 2.47. The smallest absolute Gasteiger partial charge is 0.191 e. The molecule has 2 atom stereocenters. The molecule has 0 saturated heterocycles. The first-order valence-corrected chi connectivity index (χ1v) is 6.20. The molecule has 2 aliphatic rings. The van der Waals surface area contributed by atoms with Crippen LogP contribution in [0.2, 0.25) is 0 Å². The number of guanidine groups is 1. The van der Waals surface area contributed by atoms with Crippen LogP contribution in [0.3, 0.4) is 0 Å².